The lowest BCUT2D eigenvalue weighted by molar-refractivity contribution is -0.122. The van der Waals surface area contributed by atoms with Crippen molar-refractivity contribution >= 4 is 17.8 Å². The number of hydrogen-bond donors (Lipinski definition) is 2. The molecule has 35 heavy (non-hydrogen) atoms. The molecule has 0 aromatic heterocycles. The molecule has 0 spiro atoms. The van der Waals surface area contributed by atoms with Crippen LogP contribution in [-0.2, 0) is 20.9 Å². The highest BCUT2D eigenvalue weighted by Gasteiger charge is 2.26. The highest BCUT2D eigenvalue weighted by molar-refractivity contribution is 6.10. The van der Waals surface area contributed by atoms with Gasteiger partial charge in [0, 0.05) is 24.9 Å². The third-order valence-corrected chi connectivity index (χ3v) is 5.42. The van der Waals surface area contributed by atoms with Crippen molar-refractivity contribution in [3.05, 3.63) is 83.7 Å². The van der Waals surface area contributed by atoms with E-state index in [1.807, 2.05) is 55.1 Å². The van der Waals surface area contributed by atoms with Gasteiger partial charge in [0.05, 0.1) is 13.2 Å². The Morgan fingerprint density at radius 3 is 2.26 bits per heavy atom. The zero-order chi connectivity index (χ0) is 25.0. The van der Waals surface area contributed by atoms with Crippen LogP contribution in [0.25, 0.3) is 0 Å². The molecule has 2 aromatic carbocycles. The van der Waals surface area contributed by atoms with Crippen LogP contribution in [0.1, 0.15) is 36.2 Å². The number of benzene rings is 2. The quantitative estimate of drug-likeness (QED) is 0.400. The summed E-state index contributed by atoms with van der Waals surface area (Å²) in [5.74, 6) is -0.656. The first-order valence-electron chi connectivity index (χ1n) is 11.8. The smallest absolute Gasteiger partial charge is 0.408 e. The molecule has 0 bridgehead atoms. The van der Waals surface area contributed by atoms with Gasteiger partial charge in [-0.15, -0.1) is 0 Å². The lowest BCUT2D eigenvalue weighted by Crippen LogP contribution is -2.48. The molecule has 186 valence electrons. The van der Waals surface area contributed by atoms with Crippen LogP contribution < -0.4 is 10.6 Å². The fraction of sp³-hybridized carbons (Fsp3) is 0.370. The van der Waals surface area contributed by atoms with Gasteiger partial charge in [-0.1, -0.05) is 74.5 Å². The van der Waals surface area contributed by atoms with Gasteiger partial charge in [0.2, 0.25) is 11.7 Å². The number of carbonyl (C=O) groups excluding carboxylic acids is 3. The molecule has 0 radical (unpaired) electrons. The minimum absolute atomic E-state index is 0.0946. The molecule has 2 N–H and O–H groups in total. The van der Waals surface area contributed by atoms with E-state index in [1.54, 1.807) is 30.5 Å². The number of rotatable bonds is 10. The molecule has 1 heterocycles. The van der Waals surface area contributed by atoms with Gasteiger partial charge in [0.15, 0.2) is 0 Å². The van der Waals surface area contributed by atoms with E-state index in [2.05, 4.69) is 10.6 Å². The fourth-order valence-electron chi connectivity index (χ4n) is 3.61. The van der Waals surface area contributed by atoms with Gasteiger partial charge in [-0.3, -0.25) is 9.59 Å². The number of alkyl carbamates (subject to hydrolysis) is 1. The Morgan fingerprint density at radius 2 is 1.63 bits per heavy atom. The van der Waals surface area contributed by atoms with Crippen LogP contribution in [0, 0.1) is 5.92 Å². The monoisotopic (exact) mass is 479 g/mol. The summed E-state index contributed by atoms with van der Waals surface area (Å²) in [4.78, 5) is 40.9. The zero-order valence-electron chi connectivity index (χ0n) is 20.2. The summed E-state index contributed by atoms with van der Waals surface area (Å²) >= 11 is 0. The van der Waals surface area contributed by atoms with Crippen LogP contribution in [0.15, 0.2) is 72.6 Å². The molecule has 3 rings (SSSR count). The Kier molecular flexibility index (Phi) is 9.86. The Bertz CT molecular complexity index is 1000. The number of allylic oxidation sites excluding steroid dienone is 1. The predicted molar refractivity (Wildman–Crippen MR) is 132 cm³/mol. The Hall–Kier alpha value is -3.65. The highest BCUT2D eigenvalue weighted by atomic mass is 16.5. The van der Waals surface area contributed by atoms with Crippen LogP contribution in [0.3, 0.4) is 0 Å². The second kappa shape index (κ2) is 13.3. The SMILES string of the molecule is CC(C)CC(NC(=O)OCc1ccccc1)C(=O)N/C(=C/N1CCOCC1)C(=O)c1ccccc1. The van der Waals surface area contributed by atoms with Crippen molar-refractivity contribution in [1.29, 1.82) is 0 Å². The van der Waals surface area contributed by atoms with Gasteiger partial charge >= 0.3 is 6.09 Å². The third-order valence-electron chi connectivity index (χ3n) is 5.42. The lowest BCUT2D eigenvalue weighted by atomic mass is 10.0. The van der Waals surface area contributed by atoms with Gasteiger partial charge in [0.1, 0.15) is 18.3 Å². The minimum atomic E-state index is -0.866. The zero-order valence-corrected chi connectivity index (χ0v) is 20.2. The Morgan fingerprint density at radius 1 is 1.00 bits per heavy atom. The predicted octanol–water partition coefficient (Wildman–Crippen LogP) is 3.50. The highest BCUT2D eigenvalue weighted by Crippen LogP contribution is 2.12. The van der Waals surface area contributed by atoms with E-state index in [0.717, 1.165) is 5.56 Å². The number of ether oxygens (including phenoxy) is 2. The normalized spacial score (nSPS) is 14.8. The maximum absolute atomic E-state index is 13.3. The average Bonchev–Trinajstić information content (AvgIpc) is 2.87. The summed E-state index contributed by atoms with van der Waals surface area (Å²) in [6, 6.07) is 17.2. The van der Waals surface area contributed by atoms with E-state index >= 15 is 0 Å². The van der Waals surface area contributed by atoms with E-state index in [1.165, 1.54) is 0 Å². The average molecular weight is 480 g/mol. The first-order chi connectivity index (χ1) is 16.9. The number of ketones is 1. The molecule has 1 aliphatic rings. The molecule has 2 amide bonds. The molecule has 2 aromatic rings. The summed E-state index contributed by atoms with van der Waals surface area (Å²) < 4.78 is 10.7. The van der Waals surface area contributed by atoms with Crippen LogP contribution in [0.4, 0.5) is 4.79 Å². The molecule has 8 nitrogen and oxygen atoms in total. The summed E-state index contributed by atoms with van der Waals surface area (Å²) in [6.45, 7) is 6.32. The number of amides is 2. The van der Waals surface area contributed by atoms with Crippen molar-refractivity contribution in [2.24, 2.45) is 5.92 Å². The molecular formula is C27H33N3O5. The van der Waals surface area contributed by atoms with E-state index in [-0.39, 0.29) is 24.0 Å². The van der Waals surface area contributed by atoms with Gasteiger partial charge in [0.25, 0.3) is 0 Å². The molecule has 0 saturated carbocycles. The van der Waals surface area contributed by atoms with Crippen molar-refractivity contribution in [1.82, 2.24) is 15.5 Å². The number of hydrogen-bond acceptors (Lipinski definition) is 6. The maximum atomic E-state index is 13.3. The molecule has 1 saturated heterocycles. The number of carbonyl (C=O) groups is 3. The van der Waals surface area contributed by atoms with E-state index in [0.29, 0.717) is 38.3 Å². The maximum Gasteiger partial charge on any atom is 0.408 e. The van der Waals surface area contributed by atoms with Crippen molar-refractivity contribution < 1.29 is 23.9 Å². The van der Waals surface area contributed by atoms with Crippen molar-refractivity contribution in [3.8, 4) is 0 Å². The first kappa shape index (κ1) is 26.0. The standard InChI is InChI=1S/C27H33N3O5/c1-20(2)17-23(29-27(33)35-19-21-9-5-3-6-10-21)26(32)28-24(18-30-13-15-34-16-14-30)25(31)22-11-7-4-8-12-22/h3-12,18,20,23H,13-17,19H2,1-2H3,(H,28,32)(H,29,33)/b24-18+. The minimum Gasteiger partial charge on any atom is -0.445 e. The molecule has 8 heteroatoms. The number of nitrogens with one attached hydrogen (secondary N) is 2. The van der Waals surface area contributed by atoms with Gasteiger partial charge < -0.3 is 25.0 Å². The topological polar surface area (TPSA) is 97.0 Å². The first-order valence-corrected chi connectivity index (χ1v) is 11.8. The number of morpholine rings is 1. The van der Waals surface area contributed by atoms with E-state index in [9.17, 15) is 14.4 Å². The van der Waals surface area contributed by atoms with E-state index < -0.39 is 18.0 Å². The Labute approximate surface area is 206 Å². The van der Waals surface area contributed by atoms with Crippen LogP contribution >= 0.6 is 0 Å². The summed E-state index contributed by atoms with van der Waals surface area (Å²) in [6.07, 6.45) is 1.36. The molecule has 1 atom stereocenters. The molecule has 1 fully saturated rings. The summed E-state index contributed by atoms with van der Waals surface area (Å²) in [5, 5.41) is 5.43. The lowest BCUT2D eigenvalue weighted by Gasteiger charge is -2.27. The molecule has 1 aliphatic heterocycles. The van der Waals surface area contributed by atoms with Gasteiger partial charge in [-0.05, 0) is 17.9 Å². The van der Waals surface area contributed by atoms with Gasteiger partial charge in [-0.25, -0.2) is 4.79 Å². The van der Waals surface area contributed by atoms with Gasteiger partial charge in [-0.2, -0.15) is 0 Å². The molecule has 1 unspecified atom stereocenters. The number of Topliss-reactive ketones (excluding diaryl/α,β-unsaturated/α-hetero) is 1. The third kappa shape index (κ3) is 8.57. The van der Waals surface area contributed by atoms with E-state index in [4.69, 9.17) is 9.47 Å². The summed E-state index contributed by atoms with van der Waals surface area (Å²) in [7, 11) is 0. The second-order valence-electron chi connectivity index (χ2n) is 8.76. The second-order valence-corrected chi connectivity index (χ2v) is 8.76. The van der Waals surface area contributed by atoms with Crippen LogP contribution in [0.2, 0.25) is 0 Å². The van der Waals surface area contributed by atoms with Crippen LogP contribution in [0.5, 0.6) is 0 Å². The largest absolute Gasteiger partial charge is 0.445 e. The fourth-order valence-corrected chi connectivity index (χ4v) is 3.61. The van der Waals surface area contributed by atoms with Crippen molar-refractivity contribution in [2.75, 3.05) is 26.3 Å². The van der Waals surface area contributed by atoms with Crippen molar-refractivity contribution in [3.63, 3.8) is 0 Å². The number of nitrogens with zero attached hydrogens (tertiary/aromatic N) is 1. The Balaban J connectivity index is 1.72. The summed E-state index contributed by atoms with van der Waals surface area (Å²) in [5.41, 5.74) is 1.45. The van der Waals surface area contributed by atoms with Crippen LogP contribution in [-0.4, -0.2) is 55.0 Å². The molecular weight excluding hydrogens is 446 g/mol. The van der Waals surface area contributed by atoms with Crippen molar-refractivity contribution in [2.45, 2.75) is 32.9 Å². The molecule has 0 aliphatic carbocycles.